The van der Waals surface area contributed by atoms with Crippen molar-refractivity contribution in [3.63, 3.8) is 0 Å². The molecule has 0 fully saturated rings. The van der Waals surface area contributed by atoms with Crippen molar-refractivity contribution >= 4 is 35.1 Å². The lowest BCUT2D eigenvalue weighted by Crippen LogP contribution is -2.28. The number of nitrogens with one attached hydrogen (secondary N) is 2. The van der Waals surface area contributed by atoms with Crippen LogP contribution in [0.3, 0.4) is 0 Å². The zero-order valence-electron chi connectivity index (χ0n) is 18.3. The SMILES string of the molecule is CC(C(=O)O)C(=O)Nc1cc(F)cc(F)c1.CCOC(=O)C(C)C(=O)Nc1cc(F)cc(F)c1. The van der Waals surface area contributed by atoms with Gasteiger partial charge in [0.25, 0.3) is 0 Å². The molecule has 2 atom stereocenters. The second-order valence-corrected chi connectivity index (χ2v) is 6.83. The molecule has 0 aliphatic heterocycles. The van der Waals surface area contributed by atoms with Crippen molar-refractivity contribution < 1.29 is 46.6 Å². The van der Waals surface area contributed by atoms with Gasteiger partial charge in [-0.25, -0.2) is 17.6 Å². The van der Waals surface area contributed by atoms with E-state index >= 15 is 0 Å². The first-order valence-corrected chi connectivity index (χ1v) is 9.77. The van der Waals surface area contributed by atoms with Gasteiger partial charge in [0.15, 0.2) is 0 Å². The van der Waals surface area contributed by atoms with Crippen LogP contribution in [0.5, 0.6) is 0 Å². The Balaban J connectivity index is 0.000000342. The minimum Gasteiger partial charge on any atom is -0.481 e. The number of amides is 2. The van der Waals surface area contributed by atoms with Crippen molar-refractivity contribution in [2.75, 3.05) is 17.2 Å². The zero-order chi connectivity index (χ0) is 26.0. The van der Waals surface area contributed by atoms with Gasteiger partial charge in [0.2, 0.25) is 11.8 Å². The van der Waals surface area contributed by atoms with Crippen molar-refractivity contribution in [1.82, 2.24) is 0 Å². The molecule has 184 valence electrons. The molecule has 2 aromatic carbocycles. The summed E-state index contributed by atoms with van der Waals surface area (Å²) < 4.78 is 55.9. The van der Waals surface area contributed by atoms with E-state index in [9.17, 15) is 36.7 Å². The largest absolute Gasteiger partial charge is 0.481 e. The smallest absolute Gasteiger partial charge is 0.318 e. The third-order valence-corrected chi connectivity index (χ3v) is 4.06. The van der Waals surface area contributed by atoms with Gasteiger partial charge in [-0.2, -0.15) is 0 Å². The molecule has 0 spiro atoms. The van der Waals surface area contributed by atoms with E-state index in [1.807, 2.05) is 0 Å². The third-order valence-electron chi connectivity index (χ3n) is 4.06. The first-order valence-electron chi connectivity index (χ1n) is 9.77. The standard InChI is InChI=1S/C12H13F2NO3.C10H9F2NO3/c1-3-18-12(17)7(2)11(16)15-10-5-8(13)4-9(14)6-10;1-5(10(15)16)9(14)13-8-3-6(11)2-7(12)4-8/h4-7H,3H2,1-2H3,(H,15,16);2-5H,1H3,(H,13,14)(H,15,16). The Labute approximate surface area is 191 Å². The quantitative estimate of drug-likeness (QED) is 0.312. The van der Waals surface area contributed by atoms with Gasteiger partial charge in [-0.3, -0.25) is 19.2 Å². The lowest BCUT2D eigenvalue weighted by Gasteiger charge is -2.11. The van der Waals surface area contributed by atoms with E-state index in [2.05, 4.69) is 15.4 Å². The summed E-state index contributed by atoms with van der Waals surface area (Å²) in [7, 11) is 0. The molecule has 0 aliphatic rings. The van der Waals surface area contributed by atoms with Crippen LogP contribution in [0.1, 0.15) is 20.8 Å². The van der Waals surface area contributed by atoms with E-state index in [0.717, 1.165) is 24.3 Å². The Bertz CT molecular complexity index is 1020. The summed E-state index contributed by atoms with van der Waals surface area (Å²) in [6.07, 6.45) is 0. The van der Waals surface area contributed by atoms with Crippen molar-refractivity contribution in [2.24, 2.45) is 11.8 Å². The van der Waals surface area contributed by atoms with E-state index in [1.54, 1.807) is 6.92 Å². The average molecular weight is 486 g/mol. The van der Waals surface area contributed by atoms with Crippen molar-refractivity contribution in [3.05, 3.63) is 59.7 Å². The molecule has 0 heterocycles. The number of carbonyl (C=O) groups is 4. The van der Waals surface area contributed by atoms with Gasteiger partial charge in [-0.1, -0.05) is 0 Å². The predicted molar refractivity (Wildman–Crippen MR) is 113 cm³/mol. The van der Waals surface area contributed by atoms with Crippen LogP contribution >= 0.6 is 0 Å². The van der Waals surface area contributed by atoms with Crippen LogP contribution in [0.25, 0.3) is 0 Å². The molecule has 0 aliphatic carbocycles. The summed E-state index contributed by atoms with van der Waals surface area (Å²) in [6, 6.07) is 5.05. The Kier molecular flexibility index (Phi) is 10.7. The monoisotopic (exact) mass is 486 g/mol. The molecule has 8 nitrogen and oxygen atoms in total. The van der Waals surface area contributed by atoms with E-state index in [0.29, 0.717) is 12.1 Å². The fraction of sp³-hybridized carbons (Fsp3) is 0.273. The van der Waals surface area contributed by atoms with Crippen LogP contribution in [0, 0.1) is 35.1 Å². The van der Waals surface area contributed by atoms with Gasteiger partial charge < -0.3 is 20.5 Å². The molecule has 3 N–H and O–H groups in total. The highest BCUT2D eigenvalue weighted by molar-refractivity contribution is 6.04. The molecule has 2 rings (SSSR count). The second-order valence-electron chi connectivity index (χ2n) is 6.83. The Morgan fingerprint density at radius 1 is 0.765 bits per heavy atom. The van der Waals surface area contributed by atoms with Crippen LogP contribution in [0.4, 0.5) is 28.9 Å². The second kappa shape index (κ2) is 12.9. The number of ether oxygens (including phenoxy) is 1. The number of anilines is 2. The summed E-state index contributed by atoms with van der Waals surface area (Å²) in [6.45, 7) is 4.30. The molecule has 0 saturated heterocycles. The first-order chi connectivity index (χ1) is 15.8. The van der Waals surface area contributed by atoms with Gasteiger partial charge in [-0.05, 0) is 45.0 Å². The predicted octanol–water partition coefficient (Wildman–Crippen LogP) is 3.73. The number of carbonyl (C=O) groups excluding carboxylic acids is 3. The number of benzene rings is 2. The van der Waals surface area contributed by atoms with E-state index in [-0.39, 0.29) is 18.0 Å². The van der Waals surface area contributed by atoms with Gasteiger partial charge in [0.1, 0.15) is 35.1 Å². The molecule has 0 saturated carbocycles. The highest BCUT2D eigenvalue weighted by Crippen LogP contribution is 2.15. The molecule has 0 radical (unpaired) electrons. The lowest BCUT2D eigenvalue weighted by molar-refractivity contribution is -0.150. The Morgan fingerprint density at radius 3 is 1.44 bits per heavy atom. The van der Waals surface area contributed by atoms with Gasteiger partial charge in [0, 0.05) is 23.5 Å². The topological polar surface area (TPSA) is 122 Å². The normalized spacial score (nSPS) is 11.9. The van der Waals surface area contributed by atoms with E-state index in [1.165, 1.54) is 13.8 Å². The molecule has 2 amide bonds. The maximum atomic E-state index is 12.9. The molecule has 0 aromatic heterocycles. The number of halogens is 4. The number of carboxylic acids is 1. The molecule has 2 aromatic rings. The minimum absolute atomic E-state index is 0.0475. The summed E-state index contributed by atoms with van der Waals surface area (Å²) >= 11 is 0. The number of hydrogen-bond acceptors (Lipinski definition) is 5. The molecule has 34 heavy (non-hydrogen) atoms. The van der Waals surface area contributed by atoms with Crippen LogP contribution < -0.4 is 10.6 Å². The summed E-state index contributed by atoms with van der Waals surface area (Å²) in [5.41, 5.74) is -0.163. The van der Waals surface area contributed by atoms with Crippen molar-refractivity contribution in [2.45, 2.75) is 20.8 Å². The van der Waals surface area contributed by atoms with Gasteiger partial charge in [0.05, 0.1) is 6.61 Å². The van der Waals surface area contributed by atoms with Gasteiger partial charge in [-0.15, -0.1) is 0 Å². The number of rotatable bonds is 7. The summed E-state index contributed by atoms with van der Waals surface area (Å²) in [4.78, 5) is 44.6. The fourth-order valence-corrected chi connectivity index (χ4v) is 2.24. The molecule has 2 unspecified atom stereocenters. The van der Waals surface area contributed by atoms with Crippen LogP contribution in [0.2, 0.25) is 0 Å². The lowest BCUT2D eigenvalue weighted by atomic mass is 10.1. The van der Waals surface area contributed by atoms with Gasteiger partial charge >= 0.3 is 11.9 Å². The van der Waals surface area contributed by atoms with E-state index in [4.69, 9.17) is 5.11 Å². The Morgan fingerprint density at radius 2 is 1.12 bits per heavy atom. The maximum Gasteiger partial charge on any atom is 0.318 e. The number of aliphatic carboxylic acids is 1. The third kappa shape index (κ3) is 9.27. The van der Waals surface area contributed by atoms with Crippen molar-refractivity contribution in [3.8, 4) is 0 Å². The molecular weight excluding hydrogens is 464 g/mol. The molecular formula is C22H22F4N2O6. The fourth-order valence-electron chi connectivity index (χ4n) is 2.24. The molecule has 12 heteroatoms. The average Bonchev–Trinajstić information content (AvgIpc) is 2.71. The number of hydrogen-bond donors (Lipinski definition) is 3. The Hall–Kier alpha value is -3.96. The maximum absolute atomic E-state index is 12.9. The highest BCUT2D eigenvalue weighted by Gasteiger charge is 2.23. The summed E-state index contributed by atoms with van der Waals surface area (Å²) in [5.74, 6) is -9.17. The van der Waals surface area contributed by atoms with Crippen molar-refractivity contribution in [1.29, 1.82) is 0 Å². The summed E-state index contributed by atoms with van der Waals surface area (Å²) in [5, 5.41) is 12.9. The van der Waals surface area contributed by atoms with Crippen LogP contribution in [-0.2, 0) is 23.9 Å². The minimum atomic E-state index is -1.31. The first kappa shape index (κ1) is 28.1. The van der Waals surface area contributed by atoms with E-state index < -0.39 is 58.9 Å². The number of carboxylic acid groups (broad SMARTS) is 1. The van der Waals surface area contributed by atoms with Crippen LogP contribution in [0.15, 0.2) is 36.4 Å². The zero-order valence-corrected chi connectivity index (χ0v) is 18.3. The molecule has 0 bridgehead atoms. The number of esters is 1. The van der Waals surface area contributed by atoms with Crippen LogP contribution in [-0.4, -0.2) is 35.5 Å². The highest BCUT2D eigenvalue weighted by atomic mass is 19.1.